The quantitative estimate of drug-likeness (QED) is 0.0872. The van der Waals surface area contributed by atoms with Crippen LogP contribution in [0.2, 0.25) is 0 Å². The van der Waals surface area contributed by atoms with Gasteiger partial charge in [-0.1, -0.05) is 17.8 Å². The van der Waals surface area contributed by atoms with Crippen molar-refractivity contribution in [1.29, 1.82) is 0 Å². The molecule has 13 nitrogen and oxygen atoms in total. The first kappa shape index (κ1) is 32.6. The van der Waals surface area contributed by atoms with Crippen molar-refractivity contribution in [2.45, 2.75) is 56.5 Å². The Morgan fingerprint density at radius 2 is 1.89 bits per heavy atom. The number of benzene rings is 2. The van der Waals surface area contributed by atoms with E-state index >= 15 is 0 Å². The number of fused-ring (bicyclic) bond motifs is 1. The van der Waals surface area contributed by atoms with E-state index in [0.29, 0.717) is 38.5 Å². The summed E-state index contributed by atoms with van der Waals surface area (Å²) in [7, 11) is 1.51. The fraction of sp³-hybridized carbons (Fsp3) is 0.323. The molecule has 2 N–H and O–H groups in total. The molecule has 0 aliphatic heterocycles. The van der Waals surface area contributed by atoms with Crippen LogP contribution < -0.4 is 15.4 Å². The summed E-state index contributed by atoms with van der Waals surface area (Å²) < 4.78 is 12.2. The van der Waals surface area contributed by atoms with E-state index in [1.54, 1.807) is 54.8 Å². The van der Waals surface area contributed by atoms with Crippen LogP contribution in [0.3, 0.4) is 0 Å². The Labute approximate surface area is 272 Å². The largest absolute Gasteiger partial charge is 0.497 e. The van der Waals surface area contributed by atoms with Gasteiger partial charge in [-0.25, -0.2) is 4.79 Å². The number of carbonyl (C=O) groups is 3. The van der Waals surface area contributed by atoms with Crippen LogP contribution in [-0.4, -0.2) is 56.4 Å². The lowest BCUT2D eigenvalue weighted by Crippen LogP contribution is -2.25. The van der Waals surface area contributed by atoms with Crippen LogP contribution in [0.1, 0.15) is 63.7 Å². The Morgan fingerprint density at radius 3 is 2.61 bits per heavy atom. The number of methoxy groups -OCH3 is 1. The number of aromatic nitrogens is 3. The highest BCUT2D eigenvalue weighted by Gasteiger charge is 2.29. The number of aryl methyl sites for hydroxylation is 1. The maximum absolute atomic E-state index is 13.5. The number of thiophene rings is 1. The number of amides is 2. The van der Waals surface area contributed by atoms with E-state index in [4.69, 9.17) is 9.47 Å². The molecule has 0 fully saturated rings. The number of nitro groups is 1. The number of hydrogen-bond donors (Lipinski definition) is 2. The van der Waals surface area contributed by atoms with Gasteiger partial charge < -0.3 is 20.1 Å². The van der Waals surface area contributed by atoms with Crippen molar-refractivity contribution >= 4 is 51.6 Å². The number of nitrogens with zero attached hydrogens (tertiary/aromatic N) is 4. The summed E-state index contributed by atoms with van der Waals surface area (Å²) in [5, 5.41) is 25.7. The van der Waals surface area contributed by atoms with Gasteiger partial charge in [0.2, 0.25) is 5.91 Å². The Morgan fingerprint density at radius 1 is 1.13 bits per heavy atom. The topological polar surface area (TPSA) is 168 Å². The predicted molar refractivity (Wildman–Crippen MR) is 173 cm³/mol. The average molecular weight is 665 g/mol. The number of hydrogen-bond acceptors (Lipinski definition) is 11. The van der Waals surface area contributed by atoms with E-state index in [0.717, 1.165) is 47.9 Å². The Hall–Kier alpha value is -4.76. The van der Waals surface area contributed by atoms with Gasteiger partial charge in [-0.05, 0) is 75.4 Å². The lowest BCUT2D eigenvalue weighted by Gasteiger charge is -2.15. The predicted octanol–water partition coefficient (Wildman–Crippen LogP) is 5.35. The van der Waals surface area contributed by atoms with Crippen molar-refractivity contribution in [3.8, 4) is 11.4 Å². The minimum absolute atomic E-state index is 0.0230. The van der Waals surface area contributed by atoms with Crippen molar-refractivity contribution in [2.24, 2.45) is 0 Å². The molecule has 0 radical (unpaired) electrons. The van der Waals surface area contributed by atoms with Crippen molar-refractivity contribution in [3.63, 3.8) is 0 Å². The summed E-state index contributed by atoms with van der Waals surface area (Å²) in [6, 6.07) is 12.5. The van der Waals surface area contributed by atoms with E-state index in [-0.39, 0.29) is 30.7 Å². The zero-order valence-corrected chi connectivity index (χ0v) is 27.0. The number of non-ortho nitro benzene ring substituents is 1. The molecule has 2 aromatic heterocycles. The summed E-state index contributed by atoms with van der Waals surface area (Å²) >= 11 is 2.53. The molecule has 1 atom stereocenters. The van der Waals surface area contributed by atoms with Crippen LogP contribution >= 0.6 is 23.1 Å². The highest BCUT2D eigenvalue weighted by molar-refractivity contribution is 8.00. The third-order valence-electron chi connectivity index (χ3n) is 7.30. The molecule has 5 rings (SSSR count). The Kier molecular flexibility index (Phi) is 10.3. The highest BCUT2D eigenvalue weighted by atomic mass is 32.2. The third kappa shape index (κ3) is 7.21. The molecular formula is C31H32N6O7S2. The third-order valence-corrected chi connectivity index (χ3v) is 9.55. The molecule has 1 aliphatic rings. The smallest absolute Gasteiger partial charge is 0.341 e. The molecule has 2 heterocycles. The molecule has 2 amide bonds. The highest BCUT2D eigenvalue weighted by Crippen LogP contribution is 2.39. The first-order valence-electron chi connectivity index (χ1n) is 14.6. The standard InChI is InChI=1S/C31H32N6O7S2/c1-4-44-30(40)26-23-10-5-6-11-24(23)46-29(26)33-27(38)18(2)45-31-35-34-25(36(31)20-12-14-21(15-13-20)37(41)42)17-32-28(39)19-8-7-9-22(16-19)43-3/h7-9,12-16,18H,4-6,10-11,17H2,1-3H3,(H,32,39)(H,33,38). The van der Waals surface area contributed by atoms with E-state index < -0.39 is 16.1 Å². The van der Waals surface area contributed by atoms with E-state index in [9.17, 15) is 24.5 Å². The van der Waals surface area contributed by atoms with E-state index in [1.165, 1.54) is 30.6 Å². The maximum Gasteiger partial charge on any atom is 0.341 e. The van der Waals surface area contributed by atoms with Crippen molar-refractivity contribution in [2.75, 3.05) is 19.0 Å². The average Bonchev–Trinajstić information content (AvgIpc) is 3.64. The molecule has 240 valence electrons. The second-order valence-corrected chi connectivity index (χ2v) is 12.7. The molecule has 0 spiro atoms. The molecule has 1 aliphatic carbocycles. The van der Waals surface area contributed by atoms with Gasteiger partial charge in [0.25, 0.3) is 11.6 Å². The lowest BCUT2D eigenvalue weighted by atomic mass is 9.95. The number of carbonyl (C=O) groups excluding carboxylic acids is 3. The van der Waals surface area contributed by atoms with Crippen LogP contribution in [-0.2, 0) is 28.9 Å². The number of ether oxygens (including phenoxy) is 2. The number of nitrogens with one attached hydrogen (secondary N) is 2. The van der Waals surface area contributed by atoms with Gasteiger partial charge in [0.05, 0.1) is 36.0 Å². The van der Waals surface area contributed by atoms with Gasteiger partial charge in [0, 0.05) is 28.3 Å². The maximum atomic E-state index is 13.5. The number of nitro benzene ring substituents is 1. The minimum atomic E-state index is -0.686. The van der Waals surface area contributed by atoms with Gasteiger partial charge in [0.15, 0.2) is 11.0 Å². The second-order valence-electron chi connectivity index (χ2n) is 10.3. The molecule has 46 heavy (non-hydrogen) atoms. The molecular weight excluding hydrogens is 633 g/mol. The normalized spacial score (nSPS) is 12.9. The number of thioether (sulfide) groups is 1. The molecule has 15 heteroatoms. The second kappa shape index (κ2) is 14.6. The number of rotatable bonds is 12. The molecule has 0 bridgehead atoms. The molecule has 0 saturated carbocycles. The SMILES string of the molecule is CCOC(=O)c1c(NC(=O)C(C)Sc2nnc(CNC(=O)c3cccc(OC)c3)n2-c2ccc([N+](=O)[O-])cc2)sc2c1CCCC2. The molecule has 1 unspecified atom stereocenters. The summed E-state index contributed by atoms with van der Waals surface area (Å²) in [5.74, 6) is -0.285. The van der Waals surface area contributed by atoms with E-state index in [2.05, 4.69) is 20.8 Å². The van der Waals surface area contributed by atoms with Crippen LogP contribution in [0.25, 0.3) is 5.69 Å². The number of anilines is 1. The monoisotopic (exact) mass is 664 g/mol. The number of esters is 1. The van der Waals surface area contributed by atoms with Crippen molar-refractivity contribution in [1.82, 2.24) is 20.1 Å². The van der Waals surface area contributed by atoms with Gasteiger partial charge in [-0.15, -0.1) is 21.5 Å². The summed E-state index contributed by atoms with van der Waals surface area (Å²) in [6.45, 7) is 3.65. The zero-order valence-electron chi connectivity index (χ0n) is 25.4. The van der Waals surface area contributed by atoms with Crippen LogP contribution in [0.15, 0.2) is 53.7 Å². The van der Waals surface area contributed by atoms with Crippen molar-refractivity contribution in [3.05, 3.63) is 86.0 Å². The summed E-state index contributed by atoms with van der Waals surface area (Å²) in [5.41, 5.74) is 2.17. The van der Waals surface area contributed by atoms with Crippen LogP contribution in [0.4, 0.5) is 10.7 Å². The van der Waals surface area contributed by atoms with Crippen LogP contribution in [0.5, 0.6) is 5.75 Å². The fourth-order valence-corrected chi connectivity index (χ4v) is 7.16. The van der Waals surface area contributed by atoms with Crippen LogP contribution in [0, 0.1) is 10.1 Å². The van der Waals surface area contributed by atoms with Crippen molar-refractivity contribution < 1.29 is 28.8 Å². The first-order chi connectivity index (χ1) is 22.2. The lowest BCUT2D eigenvalue weighted by molar-refractivity contribution is -0.384. The summed E-state index contributed by atoms with van der Waals surface area (Å²) in [6.07, 6.45) is 3.60. The first-order valence-corrected chi connectivity index (χ1v) is 16.3. The summed E-state index contributed by atoms with van der Waals surface area (Å²) in [4.78, 5) is 51.1. The Bertz CT molecular complexity index is 1770. The van der Waals surface area contributed by atoms with E-state index in [1.807, 2.05) is 0 Å². The minimum Gasteiger partial charge on any atom is -0.497 e. The van der Waals surface area contributed by atoms with Gasteiger partial charge in [-0.2, -0.15) is 0 Å². The molecule has 2 aromatic carbocycles. The van der Waals surface area contributed by atoms with Gasteiger partial charge >= 0.3 is 5.97 Å². The van der Waals surface area contributed by atoms with Gasteiger partial charge in [-0.3, -0.25) is 24.3 Å². The van der Waals surface area contributed by atoms with Gasteiger partial charge in [0.1, 0.15) is 10.8 Å². The zero-order chi connectivity index (χ0) is 32.8. The fourth-order valence-electron chi connectivity index (χ4n) is 5.00. The molecule has 0 saturated heterocycles. The molecule has 4 aromatic rings. The Balaban J connectivity index is 1.38.